The molecule has 0 spiro atoms. The molecular weight excluding hydrogens is 396 g/mol. The van der Waals surface area contributed by atoms with E-state index in [0.29, 0.717) is 6.61 Å². The molecule has 2 atom stereocenters. The lowest BCUT2D eigenvalue weighted by Gasteiger charge is -2.39. The first-order chi connectivity index (χ1) is 15.1. The SMILES string of the molecule is Cc1ccc2c(c1)CN(C1CCCN(CC3COc4ccccc4O3)C1)C2=O.O=CO. The minimum atomic E-state index is -0.250. The number of ether oxygens (including phenoxy) is 2. The number of rotatable bonds is 3. The molecule has 7 nitrogen and oxygen atoms in total. The summed E-state index contributed by atoms with van der Waals surface area (Å²) < 4.78 is 12.0. The number of para-hydroxylation sites is 2. The summed E-state index contributed by atoms with van der Waals surface area (Å²) in [5.41, 5.74) is 3.26. The number of carbonyl (C=O) groups is 2. The Morgan fingerprint density at radius 3 is 2.77 bits per heavy atom. The van der Waals surface area contributed by atoms with Crippen molar-refractivity contribution in [2.75, 3.05) is 26.2 Å². The van der Waals surface area contributed by atoms with Crippen LogP contribution in [0.1, 0.15) is 34.3 Å². The molecule has 1 N–H and O–H groups in total. The van der Waals surface area contributed by atoms with Crippen molar-refractivity contribution in [3.05, 3.63) is 59.2 Å². The molecule has 1 fully saturated rings. The van der Waals surface area contributed by atoms with E-state index in [1.165, 1.54) is 11.1 Å². The van der Waals surface area contributed by atoms with Crippen molar-refractivity contribution in [1.82, 2.24) is 9.80 Å². The molecule has 0 aromatic heterocycles. The number of piperidine rings is 1. The number of hydrogen-bond donors (Lipinski definition) is 1. The van der Waals surface area contributed by atoms with Gasteiger partial charge in [-0.05, 0) is 50.1 Å². The third-order valence-electron chi connectivity index (χ3n) is 6.04. The highest BCUT2D eigenvalue weighted by molar-refractivity contribution is 5.98. The summed E-state index contributed by atoms with van der Waals surface area (Å²) >= 11 is 0. The molecule has 1 saturated heterocycles. The zero-order valence-electron chi connectivity index (χ0n) is 17.7. The van der Waals surface area contributed by atoms with Crippen molar-refractivity contribution in [3.8, 4) is 11.5 Å². The molecule has 31 heavy (non-hydrogen) atoms. The second-order valence-electron chi connectivity index (χ2n) is 8.25. The maximum atomic E-state index is 12.9. The van der Waals surface area contributed by atoms with Crippen molar-refractivity contribution in [2.24, 2.45) is 0 Å². The molecule has 7 heteroatoms. The minimum Gasteiger partial charge on any atom is -0.486 e. The molecule has 5 rings (SSSR count). The van der Waals surface area contributed by atoms with Crippen LogP contribution in [0.3, 0.4) is 0 Å². The molecule has 2 aromatic carbocycles. The molecule has 3 aliphatic rings. The van der Waals surface area contributed by atoms with Crippen LogP contribution in [0.25, 0.3) is 0 Å². The van der Waals surface area contributed by atoms with Gasteiger partial charge in [-0.25, -0.2) is 0 Å². The maximum absolute atomic E-state index is 12.9. The van der Waals surface area contributed by atoms with Gasteiger partial charge < -0.3 is 19.5 Å². The van der Waals surface area contributed by atoms with Crippen molar-refractivity contribution in [1.29, 1.82) is 0 Å². The molecule has 3 aliphatic heterocycles. The van der Waals surface area contributed by atoms with Gasteiger partial charge in [0.2, 0.25) is 0 Å². The largest absolute Gasteiger partial charge is 0.486 e. The fourth-order valence-corrected chi connectivity index (χ4v) is 4.66. The van der Waals surface area contributed by atoms with Gasteiger partial charge in [-0.1, -0.05) is 29.8 Å². The third-order valence-corrected chi connectivity index (χ3v) is 6.04. The van der Waals surface area contributed by atoms with Crippen LogP contribution in [0, 0.1) is 6.92 Å². The number of nitrogens with zero attached hydrogens (tertiary/aromatic N) is 2. The Bertz CT molecular complexity index is 947. The fraction of sp³-hybridized carbons (Fsp3) is 0.417. The Morgan fingerprint density at radius 1 is 1.19 bits per heavy atom. The summed E-state index contributed by atoms with van der Waals surface area (Å²) in [6.45, 7) is 5.93. The highest BCUT2D eigenvalue weighted by Gasteiger charge is 2.35. The molecule has 1 amide bonds. The van der Waals surface area contributed by atoms with Crippen molar-refractivity contribution in [3.63, 3.8) is 0 Å². The standard InChI is InChI=1S/C23H26N2O3.CH2O2/c1-16-8-9-20-17(11-16)12-25(23(20)26)18-5-4-10-24(13-18)14-19-15-27-21-6-2-3-7-22(21)28-19;2-1-3/h2-3,6-9,11,18-19H,4-5,10,12-15H2,1H3;1H,(H,2,3). The van der Waals surface area contributed by atoms with Gasteiger partial charge in [-0.15, -0.1) is 0 Å². The number of amides is 1. The van der Waals surface area contributed by atoms with E-state index in [1.807, 2.05) is 36.4 Å². The second kappa shape index (κ2) is 9.39. The van der Waals surface area contributed by atoms with Gasteiger partial charge in [0, 0.05) is 31.2 Å². The van der Waals surface area contributed by atoms with Crippen LogP contribution in [-0.2, 0) is 11.3 Å². The first kappa shape index (κ1) is 21.2. The van der Waals surface area contributed by atoms with Gasteiger partial charge in [0.15, 0.2) is 11.5 Å². The molecule has 0 aliphatic carbocycles. The smallest absolute Gasteiger partial charge is 0.290 e. The van der Waals surface area contributed by atoms with E-state index < -0.39 is 0 Å². The van der Waals surface area contributed by atoms with E-state index >= 15 is 0 Å². The molecule has 2 aromatic rings. The predicted molar refractivity (Wildman–Crippen MR) is 116 cm³/mol. The minimum absolute atomic E-state index is 0.0303. The molecule has 2 unspecified atom stereocenters. The Labute approximate surface area is 182 Å². The topological polar surface area (TPSA) is 79.3 Å². The number of likely N-dealkylation sites (tertiary alicyclic amines) is 1. The number of carbonyl (C=O) groups excluding carboxylic acids is 1. The molecule has 164 valence electrons. The van der Waals surface area contributed by atoms with Crippen LogP contribution in [0.5, 0.6) is 11.5 Å². The van der Waals surface area contributed by atoms with E-state index in [0.717, 1.165) is 56.1 Å². The number of benzene rings is 2. The monoisotopic (exact) mass is 424 g/mol. The third kappa shape index (κ3) is 4.66. The fourth-order valence-electron chi connectivity index (χ4n) is 4.66. The number of carboxylic acid groups (broad SMARTS) is 1. The quantitative estimate of drug-likeness (QED) is 0.764. The average molecular weight is 424 g/mol. The average Bonchev–Trinajstić information content (AvgIpc) is 3.10. The lowest BCUT2D eigenvalue weighted by Crippen LogP contribution is -2.51. The number of hydrogen-bond acceptors (Lipinski definition) is 5. The van der Waals surface area contributed by atoms with Gasteiger partial charge in [-0.3, -0.25) is 14.5 Å². The Kier molecular flexibility index (Phi) is 6.42. The van der Waals surface area contributed by atoms with Crippen LogP contribution in [0.15, 0.2) is 42.5 Å². The van der Waals surface area contributed by atoms with E-state index in [1.54, 1.807) is 0 Å². The number of fused-ring (bicyclic) bond motifs is 2. The van der Waals surface area contributed by atoms with Crippen molar-refractivity contribution >= 4 is 12.4 Å². The number of aryl methyl sites for hydroxylation is 1. The zero-order valence-corrected chi connectivity index (χ0v) is 17.7. The molecule has 0 bridgehead atoms. The Hall–Kier alpha value is -3.06. The van der Waals surface area contributed by atoms with Gasteiger partial charge in [-0.2, -0.15) is 0 Å². The second-order valence-corrected chi connectivity index (χ2v) is 8.25. The van der Waals surface area contributed by atoms with Crippen LogP contribution < -0.4 is 9.47 Å². The van der Waals surface area contributed by atoms with E-state index in [-0.39, 0.29) is 24.5 Å². The summed E-state index contributed by atoms with van der Waals surface area (Å²) in [7, 11) is 0. The molecule has 0 saturated carbocycles. The molecular formula is C24H28N2O5. The lowest BCUT2D eigenvalue weighted by molar-refractivity contribution is -0.122. The lowest BCUT2D eigenvalue weighted by atomic mass is 10.0. The predicted octanol–water partition coefficient (Wildman–Crippen LogP) is 2.96. The van der Waals surface area contributed by atoms with Crippen molar-refractivity contribution < 1.29 is 24.2 Å². The van der Waals surface area contributed by atoms with Gasteiger partial charge in [0.25, 0.3) is 12.4 Å². The van der Waals surface area contributed by atoms with Gasteiger partial charge >= 0.3 is 0 Å². The zero-order chi connectivity index (χ0) is 21.8. The Morgan fingerprint density at radius 2 is 1.97 bits per heavy atom. The highest BCUT2D eigenvalue weighted by atomic mass is 16.6. The van der Waals surface area contributed by atoms with E-state index in [2.05, 4.69) is 22.8 Å². The highest BCUT2D eigenvalue weighted by Crippen LogP contribution is 2.32. The Balaban J connectivity index is 0.000000730. The van der Waals surface area contributed by atoms with Gasteiger partial charge in [0.1, 0.15) is 12.7 Å². The summed E-state index contributed by atoms with van der Waals surface area (Å²) in [4.78, 5) is 25.8. The van der Waals surface area contributed by atoms with Crippen LogP contribution in [0.2, 0.25) is 0 Å². The van der Waals surface area contributed by atoms with Crippen molar-refractivity contribution in [2.45, 2.75) is 38.5 Å². The van der Waals surface area contributed by atoms with Gasteiger partial charge in [0.05, 0.1) is 0 Å². The molecule has 3 heterocycles. The van der Waals surface area contributed by atoms with Crippen LogP contribution in [-0.4, -0.2) is 65.7 Å². The van der Waals surface area contributed by atoms with Crippen LogP contribution in [0.4, 0.5) is 0 Å². The first-order valence-electron chi connectivity index (χ1n) is 10.7. The maximum Gasteiger partial charge on any atom is 0.290 e. The summed E-state index contributed by atoms with van der Waals surface area (Å²) in [5.74, 6) is 1.84. The van der Waals surface area contributed by atoms with E-state index in [4.69, 9.17) is 19.4 Å². The van der Waals surface area contributed by atoms with E-state index in [9.17, 15) is 4.79 Å². The normalized spacial score (nSPS) is 22.4. The molecule has 0 radical (unpaired) electrons. The summed E-state index contributed by atoms with van der Waals surface area (Å²) in [6.07, 6.45) is 2.21. The summed E-state index contributed by atoms with van der Waals surface area (Å²) in [6, 6.07) is 14.3. The summed E-state index contributed by atoms with van der Waals surface area (Å²) in [5, 5.41) is 6.89. The van der Waals surface area contributed by atoms with Crippen LogP contribution >= 0.6 is 0 Å². The first-order valence-corrected chi connectivity index (χ1v) is 10.7.